The van der Waals surface area contributed by atoms with E-state index in [9.17, 15) is 9.90 Å². The Morgan fingerprint density at radius 2 is 1.87 bits per heavy atom. The summed E-state index contributed by atoms with van der Waals surface area (Å²) in [7, 11) is 0. The predicted molar refractivity (Wildman–Crippen MR) is 61.7 cm³/mol. The molecule has 0 amide bonds. The molecule has 0 unspecified atom stereocenters. The SMILES string of the molecule is CCC(CC)C(=O)/C=C(\O)C1CCCC1. The Morgan fingerprint density at radius 3 is 2.33 bits per heavy atom. The Bertz CT molecular complexity index is 233. The molecule has 0 spiro atoms. The Kier molecular flexibility index (Phi) is 4.86. The number of rotatable bonds is 5. The van der Waals surface area contributed by atoms with Crippen LogP contribution in [0, 0.1) is 11.8 Å². The highest BCUT2D eigenvalue weighted by molar-refractivity contribution is 5.92. The lowest BCUT2D eigenvalue weighted by atomic mass is 9.95. The largest absolute Gasteiger partial charge is 0.512 e. The van der Waals surface area contributed by atoms with E-state index in [1.165, 1.54) is 18.9 Å². The summed E-state index contributed by atoms with van der Waals surface area (Å²) in [5, 5.41) is 9.80. The average molecular weight is 210 g/mol. The standard InChI is InChI=1S/C13H22O2/c1-3-10(4-2)12(14)9-13(15)11-7-5-6-8-11/h9-11,15H,3-8H2,1-2H3/b13-9-. The van der Waals surface area contributed by atoms with Crippen LogP contribution in [0.5, 0.6) is 0 Å². The van der Waals surface area contributed by atoms with E-state index in [0.717, 1.165) is 25.7 Å². The first-order valence-corrected chi connectivity index (χ1v) is 6.13. The molecule has 1 fully saturated rings. The van der Waals surface area contributed by atoms with Gasteiger partial charge in [0.25, 0.3) is 0 Å². The molecule has 1 N–H and O–H groups in total. The van der Waals surface area contributed by atoms with Crippen molar-refractivity contribution < 1.29 is 9.90 Å². The average Bonchev–Trinajstić information content (AvgIpc) is 2.72. The zero-order valence-corrected chi connectivity index (χ0v) is 9.83. The van der Waals surface area contributed by atoms with Gasteiger partial charge in [-0.3, -0.25) is 4.79 Å². The van der Waals surface area contributed by atoms with Crippen LogP contribution < -0.4 is 0 Å². The van der Waals surface area contributed by atoms with E-state index < -0.39 is 0 Å². The van der Waals surface area contributed by atoms with Crippen LogP contribution in [0.1, 0.15) is 52.4 Å². The molecule has 0 bridgehead atoms. The summed E-state index contributed by atoms with van der Waals surface area (Å²) >= 11 is 0. The van der Waals surface area contributed by atoms with E-state index in [4.69, 9.17) is 0 Å². The normalized spacial score (nSPS) is 18.7. The van der Waals surface area contributed by atoms with Crippen LogP contribution in [0.2, 0.25) is 0 Å². The summed E-state index contributed by atoms with van der Waals surface area (Å²) < 4.78 is 0. The highest BCUT2D eigenvalue weighted by Gasteiger charge is 2.21. The van der Waals surface area contributed by atoms with Crippen molar-refractivity contribution in [3.63, 3.8) is 0 Å². The number of aliphatic hydroxyl groups excluding tert-OH is 1. The number of hydrogen-bond donors (Lipinski definition) is 1. The summed E-state index contributed by atoms with van der Waals surface area (Å²) in [6.45, 7) is 4.04. The fourth-order valence-corrected chi connectivity index (χ4v) is 2.29. The summed E-state index contributed by atoms with van der Waals surface area (Å²) in [6, 6.07) is 0. The van der Waals surface area contributed by atoms with Gasteiger partial charge < -0.3 is 5.11 Å². The van der Waals surface area contributed by atoms with Crippen molar-refractivity contribution in [1.29, 1.82) is 0 Å². The molecule has 0 aromatic carbocycles. The Hall–Kier alpha value is -0.790. The number of carbonyl (C=O) groups excluding carboxylic acids is 1. The zero-order valence-electron chi connectivity index (χ0n) is 9.83. The van der Waals surface area contributed by atoms with Gasteiger partial charge in [0, 0.05) is 17.9 Å². The van der Waals surface area contributed by atoms with Crippen molar-refractivity contribution in [2.75, 3.05) is 0 Å². The first kappa shape index (κ1) is 12.3. The van der Waals surface area contributed by atoms with Crippen molar-refractivity contribution in [3.05, 3.63) is 11.8 Å². The van der Waals surface area contributed by atoms with Crippen LogP contribution in [-0.2, 0) is 4.79 Å². The van der Waals surface area contributed by atoms with Crippen LogP contribution in [-0.4, -0.2) is 10.9 Å². The highest BCUT2D eigenvalue weighted by atomic mass is 16.3. The van der Waals surface area contributed by atoms with E-state index in [0.29, 0.717) is 5.76 Å². The number of allylic oxidation sites excluding steroid dienone is 2. The molecule has 1 rings (SSSR count). The van der Waals surface area contributed by atoms with E-state index in [1.54, 1.807) is 0 Å². The van der Waals surface area contributed by atoms with Gasteiger partial charge in [0.05, 0.1) is 5.76 Å². The second-order valence-electron chi connectivity index (χ2n) is 4.47. The zero-order chi connectivity index (χ0) is 11.3. The second-order valence-corrected chi connectivity index (χ2v) is 4.47. The molecule has 0 aliphatic heterocycles. The molecule has 0 radical (unpaired) electrons. The minimum absolute atomic E-state index is 0.0913. The van der Waals surface area contributed by atoms with Crippen LogP contribution in [0.25, 0.3) is 0 Å². The van der Waals surface area contributed by atoms with Gasteiger partial charge in [-0.15, -0.1) is 0 Å². The first-order chi connectivity index (χ1) is 7.19. The predicted octanol–water partition coefficient (Wildman–Crippen LogP) is 3.62. The van der Waals surface area contributed by atoms with Crippen LogP contribution >= 0.6 is 0 Å². The van der Waals surface area contributed by atoms with Crippen molar-refractivity contribution in [2.24, 2.45) is 11.8 Å². The summed E-state index contributed by atoms with van der Waals surface area (Å²) in [5.74, 6) is 0.769. The smallest absolute Gasteiger partial charge is 0.162 e. The lowest BCUT2D eigenvalue weighted by Gasteiger charge is -2.11. The van der Waals surface area contributed by atoms with Gasteiger partial charge in [0.15, 0.2) is 5.78 Å². The molecule has 2 heteroatoms. The van der Waals surface area contributed by atoms with E-state index in [2.05, 4.69) is 0 Å². The third kappa shape index (κ3) is 3.37. The van der Waals surface area contributed by atoms with Crippen molar-refractivity contribution >= 4 is 5.78 Å². The third-order valence-electron chi connectivity index (χ3n) is 3.45. The Morgan fingerprint density at radius 1 is 1.33 bits per heavy atom. The summed E-state index contributed by atoms with van der Waals surface area (Å²) in [5.41, 5.74) is 0. The Labute approximate surface area is 92.4 Å². The molecule has 0 saturated heterocycles. The topological polar surface area (TPSA) is 37.3 Å². The minimum Gasteiger partial charge on any atom is -0.512 e. The van der Waals surface area contributed by atoms with Crippen LogP contribution in [0.3, 0.4) is 0 Å². The maximum absolute atomic E-state index is 11.7. The molecule has 0 aromatic heterocycles. The molecular weight excluding hydrogens is 188 g/mol. The van der Waals surface area contributed by atoms with Gasteiger partial charge in [-0.1, -0.05) is 26.7 Å². The van der Waals surface area contributed by atoms with Gasteiger partial charge in [0.2, 0.25) is 0 Å². The molecule has 2 nitrogen and oxygen atoms in total. The third-order valence-corrected chi connectivity index (χ3v) is 3.45. The van der Waals surface area contributed by atoms with Gasteiger partial charge >= 0.3 is 0 Å². The summed E-state index contributed by atoms with van der Waals surface area (Å²) in [4.78, 5) is 11.7. The van der Waals surface area contributed by atoms with E-state index in [1.807, 2.05) is 13.8 Å². The molecule has 0 aromatic rings. The van der Waals surface area contributed by atoms with Gasteiger partial charge in [-0.2, -0.15) is 0 Å². The fourth-order valence-electron chi connectivity index (χ4n) is 2.29. The van der Waals surface area contributed by atoms with Gasteiger partial charge in [0.1, 0.15) is 0 Å². The number of hydrogen-bond acceptors (Lipinski definition) is 2. The quantitative estimate of drug-likeness (QED) is 0.556. The molecule has 0 atom stereocenters. The molecule has 1 aliphatic carbocycles. The highest BCUT2D eigenvalue weighted by Crippen LogP contribution is 2.30. The molecule has 1 aliphatic rings. The molecule has 1 saturated carbocycles. The van der Waals surface area contributed by atoms with Crippen LogP contribution in [0.15, 0.2) is 11.8 Å². The molecule has 15 heavy (non-hydrogen) atoms. The fraction of sp³-hybridized carbons (Fsp3) is 0.769. The maximum atomic E-state index is 11.7. The first-order valence-electron chi connectivity index (χ1n) is 6.13. The van der Waals surface area contributed by atoms with Crippen molar-refractivity contribution in [2.45, 2.75) is 52.4 Å². The van der Waals surface area contributed by atoms with Gasteiger partial charge in [-0.25, -0.2) is 0 Å². The van der Waals surface area contributed by atoms with Gasteiger partial charge in [-0.05, 0) is 25.7 Å². The maximum Gasteiger partial charge on any atom is 0.162 e. The monoisotopic (exact) mass is 210 g/mol. The number of ketones is 1. The molecule has 86 valence electrons. The summed E-state index contributed by atoms with van der Waals surface area (Å²) in [6.07, 6.45) is 7.65. The van der Waals surface area contributed by atoms with E-state index in [-0.39, 0.29) is 17.6 Å². The van der Waals surface area contributed by atoms with Crippen molar-refractivity contribution in [1.82, 2.24) is 0 Å². The van der Waals surface area contributed by atoms with E-state index >= 15 is 0 Å². The molecular formula is C13H22O2. The lowest BCUT2D eigenvalue weighted by molar-refractivity contribution is -0.118. The van der Waals surface area contributed by atoms with Crippen LogP contribution in [0.4, 0.5) is 0 Å². The number of aliphatic hydroxyl groups is 1. The van der Waals surface area contributed by atoms with Crippen molar-refractivity contribution in [3.8, 4) is 0 Å². The molecule has 0 heterocycles. The Balaban J connectivity index is 2.56. The second kappa shape index (κ2) is 5.94. The minimum atomic E-state index is 0.0913. The lowest BCUT2D eigenvalue weighted by Crippen LogP contribution is -2.12. The number of carbonyl (C=O) groups is 1.